The third kappa shape index (κ3) is 3.69. The van der Waals surface area contributed by atoms with Crippen molar-refractivity contribution in [3.8, 4) is 5.75 Å². The summed E-state index contributed by atoms with van der Waals surface area (Å²) in [5.74, 6) is 0.0247. The quantitative estimate of drug-likeness (QED) is 0.726. The van der Waals surface area contributed by atoms with Crippen molar-refractivity contribution in [2.24, 2.45) is 7.05 Å². The van der Waals surface area contributed by atoms with Crippen molar-refractivity contribution in [3.63, 3.8) is 0 Å². The van der Waals surface area contributed by atoms with Gasteiger partial charge in [-0.3, -0.25) is 9.36 Å². The fraction of sp³-hybridized carbons (Fsp3) is 0.231. The molecular formula is C13H11F2IN2O3. The van der Waals surface area contributed by atoms with Crippen LogP contribution in [0, 0.1) is 3.57 Å². The molecule has 0 aliphatic heterocycles. The highest BCUT2D eigenvalue weighted by Crippen LogP contribution is 2.15. The van der Waals surface area contributed by atoms with Gasteiger partial charge in [-0.1, -0.05) is 12.1 Å². The van der Waals surface area contributed by atoms with E-state index in [-0.39, 0.29) is 17.9 Å². The summed E-state index contributed by atoms with van der Waals surface area (Å²) in [6, 6.07) is 5.79. The molecular weight excluding hydrogens is 397 g/mol. The lowest BCUT2D eigenvalue weighted by Crippen LogP contribution is -2.40. The van der Waals surface area contributed by atoms with E-state index >= 15 is 0 Å². The Labute approximate surface area is 131 Å². The van der Waals surface area contributed by atoms with Crippen molar-refractivity contribution in [2.75, 3.05) is 0 Å². The third-order valence-corrected chi connectivity index (χ3v) is 3.52. The molecule has 0 aliphatic carbocycles. The average Bonchev–Trinajstić information content (AvgIpc) is 2.43. The summed E-state index contributed by atoms with van der Waals surface area (Å²) in [5, 5.41) is 0. The van der Waals surface area contributed by atoms with Crippen LogP contribution in [0.3, 0.4) is 0 Å². The first-order valence-electron chi connectivity index (χ1n) is 5.88. The first-order chi connectivity index (χ1) is 9.88. The normalized spacial score (nSPS) is 10.9. The number of halogens is 3. The second-order valence-corrected chi connectivity index (χ2v) is 5.45. The summed E-state index contributed by atoms with van der Waals surface area (Å²) in [6.45, 7) is -2.82. The van der Waals surface area contributed by atoms with Crippen LogP contribution in [0.25, 0.3) is 0 Å². The van der Waals surface area contributed by atoms with Crippen LogP contribution in [0.2, 0.25) is 0 Å². The number of hydrogen-bond acceptors (Lipinski definition) is 3. The van der Waals surface area contributed by atoms with E-state index in [9.17, 15) is 18.4 Å². The van der Waals surface area contributed by atoms with Crippen LogP contribution in [-0.4, -0.2) is 15.7 Å². The molecule has 2 rings (SSSR count). The van der Waals surface area contributed by atoms with Crippen molar-refractivity contribution < 1.29 is 13.5 Å². The number of aromatic nitrogens is 2. The van der Waals surface area contributed by atoms with Crippen molar-refractivity contribution in [3.05, 3.63) is 60.4 Å². The molecule has 0 N–H and O–H groups in total. The molecule has 1 aromatic heterocycles. The lowest BCUT2D eigenvalue weighted by molar-refractivity contribution is -0.0498. The van der Waals surface area contributed by atoms with Crippen LogP contribution in [0.1, 0.15) is 5.56 Å². The predicted molar refractivity (Wildman–Crippen MR) is 80.8 cm³/mol. The van der Waals surface area contributed by atoms with Crippen LogP contribution < -0.4 is 16.0 Å². The number of nitrogens with zero attached hydrogens (tertiary/aromatic N) is 2. The molecule has 0 unspecified atom stereocenters. The Hall–Kier alpha value is -1.71. The summed E-state index contributed by atoms with van der Waals surface area (Å²) >= 11 is 1.86. The van der Waals surface area contributed by atoms with Crippen LogP contribution in [0.15, 0.2) is 40.1 Å². The van der Waals surface area contributed by atoms with Crippen molar-refractivity contribution in [2.45, 2.75) is 13.2 Å². The van der Waals surface area contributed by atoms with E-state index in [0.717, 1.165) is 4.57 Å². The summed E-state index contributed by atoms with van der Waals surface area (Å²) in [6.07, 6.45) is 1.46. The second kappa shape index (κ2) is 6.37. The molecule has 0 saturated carbocycles. The molecule has 1 heterocycles. The topological polar surface area (TPSA) is 53.2 Å². The fourth-order valence-electron chi connectivity index (χ4n) is 1.78. The number of alkyl halides is 2. The van der Waals surface area contributed by atoms with E-state index in [4.69, 9.17) is 0 Å². The third-order valence-electron chi connectivity index (χ3n) is 2.78. The standard InChI is InChI=1S/C13H11F2IN2O3/c1-17-7-10(16)11(19)18(13(17)20)6-8-2-4-9(5-3-8)21-12(14)15/h2-5,7,12H,6H2,1H3. The van der Waals surface area contributed by atoms with E-state index in [1.165, 1.54) is 35.0 Å². The van der Waals surface area contributed by atoms with Crippen LogP contribution in [-0.2, 0) is 13.6 Å². The van der Waals surface area contributed by atoms with Gasteiger partial charge in [-0.25, -0.2) is 4.79 Å². The highest BCUT2D eigenvalue weighted by molar-refractivity contribution is 14.1. The monoisotopic (exact) mass is 408 g/mol. The van der Waals surface area contributed by atoms with Gasteiger partial charge >= 0.3 is 12.3 Å². The Balaban J connectivity index is 2.31. The van der Waals surface area contributed by atoms with Gasteiger partial charge in [-0.05, 0) is 40.3 Å². The number of hydrogen-bond donors (Lipinski definition) is 0. The molecule has 21 heavy (non-hydrogen) atoms. The first kappa shape index (κ1) is 15.7. The maximum Gasteiger partial charge on any atom is 0.387 e. The smallest absolute Gasteiger partial charge is 0.387 e. The fourth-order valence-corrected chi connectivity index (χ4v) is 2.49. The minimum absolute atomic E-state index is 0.0247. The second-order valence-electron chi connectivity index (χ2n) is 4.28. The van der Waals surface area contributed by atoms with E-state index in [2.05, 4.69) is 4.74 Å². The van der Waals surface area contributed by atoms with Gasteiger partial charge < -0.3 is 9.30 Å². The SMILES string of the molecule is Cn1cc(I)c(=O)n(Cc2ccc(OC(F)F)cc2)c1=O. The molecule has 5 nitrogen and oxygen atoms in total. The lowest BCUT2D eigenvalue weighted by Gasteiger charge is -2.09. The molecule has 0 amide bonds. The highest BCUT2D eigenvalue weighted by atomic mass is 127. The number of benzene rings is 1. The summed E-state index contributed by atoms with van der Waals surface area (Å²) in [7, 11) is 1.56. The Morgan fingerprint density at radius 2 is 1.86 bits per heavy atom. The molecule has 0 radical (unpaired) electrons. The van der Waals surface area contributed by atoms with Gasteiger partial charge in [0.25, 0.3) is 5.56 Å². The van der Waals surface area contributed by atoms with Crippen molar-refractivity contribution in [1.82, 2.24) is 9.13 Å². The van der Waals surface area contributed by atoms with Gasteiger partial charge in [0.2, 0.25) is 0 Å². The largest absolute Gasteiger partial charge is 0.435 e. The number of aryl methyl sites for hydroxylation is 1. The zero-order valence-corrected chi connectivity index (χ0v) is 13.1. The summed E-state index contributed by atoms with van der Waals surface area (Å²) in [5.41, 5.74) is -0.183. The van der Waals surface area contributed by atoms with Crippen LogP contribution in [0.4, 0.5) is 8.78 Å². The van der Waals surface area contributed by atoms with Gasteiger partial charge in [0, 0.05) is 13.2 Å². The van der Waals surface area contributed by atoms with E-state index in [1.54, 1.807) is 7.05 Å². The Morgan fingerprint density at radius 1 is 1.24 bits per heavy atom. The zero-order valence-electron chi connectivity index (χ0n) is 10.9. The number of rotatable bonds is 4. The van der Waals surface area contributed by atoms with E-state index < -0.39 is 12.3 Å². The molecule has 0 saturated heterocycles. The highest BCUT2D eigenvalue weighted by Gasteiger charge is 2.09. The molecule has 0 atom stereocenters. The molecule has 0 aliphatic rings. The van der Waals surface area contributed by atoms with Gasteiger partial charge in [-0.15, -0.1) is 0 Å². The molecule has 0 bridgehead atoms. The molecule has 8 heteroatoms. The average molecular weight is 408 g/mol. The Morgan fingerprint density at radius 3 is 2.43 bits per heavy atom. The van der Waals surface area contributed by atoms with E-state index in [1.807, 2.05) is 22.6 Å². The molecule has 2 aromatic rings. The Bertz CT molecular complexity index is 719. The Kier molecular flexibility index (Phi) is 4.76. The van der Waals surface area contributed by atoms with Gasteiger partial charge in [0.1, 0.15) is 5.75 Å². The maximum absolute atomic E-state index is 12.1. The van der Waals surface area contributed by atoms with Crippen molar-refractivity contribution in [1.29, 1.82) is 0 Å². The molecule has 0 spiro atoms. The van der Waals surface area contributed by atoms with Crippen molar-refractivity contribution >= 4 is 22.6 Å². The lowest BCUT2D eigenvalue weighted by atomic mass is 10.2. The van der Waals surface area contributed by atoms with Gasteiger partial charge in [0.15, 0.2) is 0 Å². The van der Waals surface area contributed by atoms with Gasteiger partial charge in [-0.2, -0.15) is 8.78 Å². The maximum atomic E-state index is 12.1. The van der Waals surface area contributed by atoms with Crippen LogP contribution in [0.5, 0.6) is 5.75 Å². The first-order valence-corrected chi connectivity index (χ1v) is 6.96. The zero-order chi connectivity index (χ0) is 15.6. The minimum Gasteiger partial charge on any atom is -0.435 e. The van der Waals surface area contributed by atoms with Gasteiger partial charge in [0.05, 0.1) is 10.1 Å². The minimum atomic E-state index is -2.89. The molecule has 1 aromatic carbocycles. The summed E-state index contributed by atoms with van der Waals surface area (Å²) in [4.78, 5) is 23.9. The molecule has 112 valence electrons. The van der Waals surface area contributed by atoms with Crippen LogP contribution >= 0.6 is 22.6 Å². The van der Waals surface area contributed by atoms with E-state index in [0.29, 0.717) is 9.13 Å². The molecule has 0 fully saturated rings. The number of ether oxygens (including phenoxy) is 1. The summed E-state index contributed by atoms with van der Waals surface area (Å²) < 4.78 is 31.2. The predicted octanol–water partition coefficient (Wildman–Crippen LogP) is 1.80.